The summed E-state index contributed by atoms with van der Waals surface area (Å²) in [5.74, 6) is -0.119. The summed E-state index contributed by atoms with van der Waals surface area (Å²) in [5, 5.41) is 10.2. The molecule has 0 aliphatic rings. The van der Waals surface area contributed by atoms with Crippen LogP contribution in [0.25, 0.3) is 0 Å². The van der Waals surface area contributed by atoms with E-state index in [-0.39, 0.29) is 5.56 Å². The summed E-state index contributed by atoms with van der Waals surface area (Å²) < 4.78 is 18.6. The van der Waals surface area contributed by atoms with Gasteiger partial charge in [0.05, 0.1) is 6.26 Å². The van der Waals surface area contributed by atoms with Crippen LogP contribution in [0.3, 0.4) is 0 Å². The minimum Gasteiger partial charge on any atom is -0.466 e. The Morgan fingerprint density at radius 1 is 1.20 bits per heavy atom. The van der Waals surface area contributed by atoms with Gasteiger partial charge in [0.25, 0.3) is 0 Å². The molecule has 1 N–H and O–H groups in total. The van der Waals surface area contributed by atoms with Crippen LogP contribution in [0.1, 0.15) is 18.2 Å². The van der Waals surface area contributed by atoms with E-state index in [2.05, 4.69) is 0 Å². The highest BCUT2D eigenvalue weighted by Gasteiger charge is 2.31. The Morgan fingerprint density at radius 3 is 2.53 bits per heavy atom. The molecular weight excluding hydrogens is 195 g/mol. The number of hydrogen-bond donors (Lipinski definition) is 1. The maximum Gasteiger partial charge on any atom is 0.147 e. The van der Waals surface area contributed by atoms with Crippen molar-refractivity contribution in [3.63, 3.8) is 0 Å². The molecule has 1 heterocycles. The second kappa shape index (κ2) is 3.51. The summed E-state index contributed by atoms with van der Waals surface area (Å²) in [5.41, 5.74) is -1.23. The number of aliphatic hydroxyl groups is 1. The molecule has 0 aliphatic heterocycles. The Morgan fingerprint density at radius 2 is 1.93 bits per heavy atom. The third kappa shape index (κ3) is 1.66. The first-order valence-corrected chi connectivity index (χ1v) is 4.64. The first kappa shape index (κ1) is 9.93. The monoisotopic (exact) mass is 206 g/mol. The molecule has 0 radical (unpaired) electrons. The molecule has 1 aromatic carbocycles. The lowest BCUT2D eigenvalue weighted by molar-refractivity contribution is 0.0729. The quantitative estimate of drug-likeness (QED) is 0.819. The van der Waals surface area contributed by atoms with Crippen molar-refractivity contribution in [2.24, 2.45) is 0 Å². The molecule has 0 saturated heterocycles. The molecule has 1 aromatic heterocycles. The molecular formula is C12H11FO2. The molecule has 1 unspecified atom stereocenters. The number of hydrogen-bond acceptors (Lipinski definition) is 2. The van der Waals surface area contributed by atoms with E-state index in [0.29, 0.717) is 5.76 Å². The molecule has 0 amide bonds. The van der Waals surface area contributed by atoms with Gasteiger partial charge in [-0.15, -0.1) is 0 Å². The van der Waals surface area contributed by atoms with Crippen LogP contribution >= 0.6 is 0 Å². The van der Waals surface area contributed by atoms with Crippen LogP contribution in [0.4, 0.5) is 4.39 Å². The first-order chi connectivity index (χ1) is 7.12. The van der Waals surface area contributed by atoms with Crippen molar-refractivity contribution in [2.75, 3.05) is 0 Å². The lowest BCUT2D eigenvalue weighted by Crippen LogP contribution is -2.23. The number of rotatable bonds is 2. The van der Waals surface area contributed by atoms with Gasteiger partial charge in [0.1, 0.15) is 17.2 Å². The summed E-state index contributed by atoms with van der Waals surface area (Å²) >= 11 is 0. The normalized spacial score (nSPS) is 14.9. The molecule has 2 rings (SSSR count). The van der Waals surface area contributed by atoms with Crippen LogP contribution in [0, 0.1) is 5.82 Å². The van der Waals surface area contributed by atoms with Gasteiger partial charge in [-0.25, -0.2) is 4.39 Å². The topological polar surface area (TPSA) is 33.4 Å². The smallest absolute Gasteiger partial charge is 0.147 e. The SMILES string of the molecule is CC(O)(c1ccco1)c1ccccc1F. The third-order valence-electron chi connectivity index (χ3n) is 2.40. The fourth-order valence-electron chi connectivity index (χ4n) is 1.54. The lowest BCUT2D eigenvalue weighted by Gasteiger charge is -2.21. The van der Waals surface area contributed by atoms with Crippen LogP contribution in [0.2, 0.25) is 0 Å². The van der Waals surface area contributed by atoms with E-state index in [0.717, 1.165) is 0 Å². The van der Waals surface area contributed by atoms with Gasteiger partial charge in [0, 0.05) is 5.56 Å². The van der Waals surface area contributed by atoms with E-state index in [1.807, 2.05) is 0 Å². The van der Waals surface area contributed by atoms with Crippen LogP contribution in [0.5, 0.6) is 0 Å². The Hall–Kier alpha value is -1.61. The summed E-state index contributed by atoms with van der Waals surface area (Å²) in [6.45, 7) is 1.50. The van der Waals surface area contributed by atoms with Gasteiger partial charge in [-0.3, -0.25) is 0 Å². The second-order valence-corrected chi connectivity index (χ2v) is 3.53. The molecule has 0 bridgehead atoms. The van der Waals surface area contributed by atoms with E-state index in [1.54, 1.807) is 24.3 Å². The summed E-state index contributed by atoms with van der Waals surface area (Å²) in [7, 11) is 0. The number of benzene rings is 1. The van der Waals surface area contributed by atoms with Crippen LogP contribution in [-0.4, -0.2) is 5.11 Å². The van der Waals surface area contributed by atoms with E-state index in [4.69, 9.17) is 4.42 Å². The average Bonchev–Trinajstić information content (AvgIpc) is 2.71. The Kier molecular flexibility index (Phi) is 2.32. The minimum atomic E-state index is -1.44. The van der Waals surface area contributed by atoms with Gasteiger partial charge in [0.2, 0.25) is 0 Å². The maximum absolute atomic E-state index is 13.5. The van der Waals surface area contributed by atoms with Crippen LogP contribution in [-0.2, 0) is 5.60 Å². The van der Waals surface area contributed by atoms with Crippen molar-refractivity contribution >= 4 is 0 Å². The van der Waals surface area contributed by atoms with Crippen molar-refractivity contribution in [3.8, 4) is 0 Å². The highest BCUT2D eigenvalue weighted by Crippen LogP contribution is 2.30. The first-order valence-electron chi connectivity index (χ1n) is 4.64. The maximum atomic E-state index is 13.5. The Bertz CT molecular complexity index is 446. The average molecular weight is 206 g/mol. The second-order valence-electron chi connectivity index (χ2n) is 3.53. The van der Waals surface area contributed by atoms with E-state index >= 15 is 0 Å². The molecule has 0 saturated carbocycles. The van der Waals surface area contributed by atoms with Crippen molar-refractivity contribution in [1.82, 2.24) is 0 Å². The number of furan rings is 1. The standard InChI is InChI=1S/C12H11FO2/c1-12(14,11-7-4-8-15-11)9-5-2-3-6-10(9)13/h2-8,14H,1H3. The van der Waals surface area contributed by atoms with Crippen molar-refractivity contribution in [2.45, 2.75) is 12.5 Å². The third-order valence-corrected chi connectivity index (χ3v) is 2.40. The zero-order valence-corrected chi connectivity index (χ0v) is 8.27. The van der Waals surface area contributed by atoms with Crippen LogP contribution < -0.4 is 0 Å². The van der Waals surface area contributed by atoms with E-state index < -0.39 is 11.4 Å². The number of halogens is 1. The fourth-order valence-corrected chi connectivity index (χ4v) is 1.54. The van der Waals surface area contributed by atoms with Gasteiger partial charge >= 0.3 is 0 Å². The lowest BCUT2D eigenvalue weighted by atomic mass is 9.93. The molecule has 2 nitrogen and oxygen atoms in total. The van der Waals surface area contributed by atoms with Crippen LogP contribution in [0.15, 0.2) is 47.1 Å². The zero-order valence-electron chi connectivity index (χ0n) is 8.27. The molecule has 0 aliphatic carbocycles. The summed E-state index contributed by atoms with van der Waals surface area (Å²) in [6.07, 6.45) is 1.45. The summed E-state index contributed by atoms with van der Waals surface area (Å²) in [4.78, 5) is 0. The summed E-state index contributed by atoms with van der Waals surface area (Å²) in [6, 6.07) is 9.38. The Balaban J connectivity index is 2.51. The fraction of sp³-hybridized carbons (Fsp3) is 0.167. The van der Waals surface area contributed by atoms with Crippen molar-refractivity contribution in [3.05, 3.63) is 59.8 Å². The van der Waals surface area contributed by atoms with Gasteiger partial charge in [-0.1, -0.05) is 18.2 Å². The Labute approximate surface area is 87.0 Å². The van der Waals surface area contributed by atoms with E-state index in [1.165, 1.54) is 25.3 Å². The van der Waals surface area contributed by atoms with Crippen molar-refractivity contribution < 1.29 is 13.9 Å². The predicted octanol–water partition coefficient (Wildman–Crippen LogP) is 2.67. The van der Waals surface area contributed by atoms with Gasteiger partial charge < -0.3 is 9.52 Å². The molecule has 2 aromatic rings. The molecule has 1 atom stereocenters. The molecule has 0 spiro atoms. The van der Waals surface area contributed by atoms with Crippen molar-refractivity contribution in [1.29, 1.82) is 0 Å². The van der Waals surface area contributed by atoms with Gasteiger partial charge in [-0.2, -0.15) is 0 Å². The van der Waals surface area contributed by atoms with Gasteiger partial charge in [0.15, 0.2) is 0 Å². The molecule has 0 fully saturated rings. The molecule has 15 heavy (non-hydrogen) atoms. The van der Waals surface area contributed by atoms with Gasteiger partial charge in [-0.05, 0) is 25.1 Å². The highest BCUT2D eigenvalue weighted by molar-refractivity contribution is 5.30. The molecule has 78 valence electrons. The van der Waals surface area contributed by atoms with E-state index in [9.17, 15) is 9.50 Å². The largest absolute Gasteiger partial charge is 0.466 e. The zero-order chi connectivity index (χ0) is 10.9. The minimum absolute atomic E-state index is 0.208. The molecule has 3 heteroatoms. The highest BCUT2D eigenvalue weighted by atomic mass is 19.1. The predicted molar refractivity (Wildman–Crippen MR) is 53.8 cm³/mol.